The van der Waals surface area contributed by atoms with Gasteiger partial charge in [-0.3, -0.25) is 0 Å². The summed E-state index contributed by atoms with van der Waals surface area (Å²) >= 11 is 0. The third kappa shape index (κ3) is 2.34. The van der Waals surface area contributed by atoms with E-state index in [0.29, 0.717) is 5.92 Å². The molecule has 0 N–H and O–H groups in total. The molecule has 84 valence electrons. The van der Waals surface area contributed by atoms with E-state index >= 15 is 0 Å². The zero-order valence-corrected chi connectivity index (χ0v) is 10.5. The molecule has 1 nitrogen and oxygen atoms in total. The van der Waals surface area contributed by atoms with Crippen LogP contribution in [0.4, 0.5) is 0 Å². The number of benzene rings is 1. The third-order valence-corrected chi connectivity index (χ3v) is 3.74. The van der Waals surface area contributed by atoms with E-state index in [2.05, 4.69) is 45.9 Å². The van der Waals surface area contributed by atoms with Crippen molar-refractivity contribution in [2.45, 2.75) is 39.5 Å². The lowest BCUT2D eigenvalue weighted by molar-refractivity contribution is 0.324. The first-order valence-electron chi connectivity index (χ1n) is 5.69. The Morgan fingerprint density at radius 3 is 2.47 bits per heavy atom. The van der Waals surface area contributed by atoms with Crippen LogP contribution >= 0.6 is 0 Å². The van der Waals surface area contributed by atoms with Crippen molar-refractivity contribution in [2.24, 2.45) is 5.92 Å². The molecule has 15 heavy (non-hydrogen) atoms. The predicted molar refractivity (Wildman–Crippen MR) is 65.5 cm³/mol. The lowest BCUT2D eigenvalue weighted by Crippen LogP contribution is -2.27. The fraction of sp³-hybridized carbons (Fsp3) is 0.571. The summed E-state index contributed by atoms with van der Waals surface area (Å²) in [5.41, 5.74) is 1.62. The van der Waals surface area contributed by atoms with Crippen LogP contribution in [0.15, 0.2) is 24.3 Å². The van der Waals surface area contributed by atoms with Crippen molar-refractivity contribution in [1.29, 1.82) is 0 Å². The summed E-state index contributed by atoms with van der Waals surface area (Å²) in [7, 11) is 1.72. The molecule has 0 aromatic heterocycles. The van der Waals surface area contributed by atoms with Gasteiger partial charge in [0, 0.05) is 0 Å². The first-order chi connectivity index (χ1) is 7.04. The monoisotopic (exact) mass is 206 g/mol. The van der Waals surface area contributed by atoms with Crippen LogP contribution in [0.5, 0.6) is 5.75 Å². The highest BCUT2D eigenvalue weighted by atomic mass is 16.5. The second kappa shape index (κ2) is 4.69. The Labute approximate surface area is 93.5 Å². The lowest BCUT2D eigenvalue weighted by atomic mass is 9.71. The summed E-state index contributed by atoms with van der Waals surface area (Å²) in [4.78, 5) is 0. The van der Waals surface area contributed by atoms with E-state index in [9.17, 15) is 0 Å². The van der Waals surface area contributed by atoms with E-state index in [4.69, 9.17) is 4.74 Å². The molecule has 0 aliphatic carbocycles. The van der Waals surface area contributed by atoms with Gasteiger partial charge in [-0.25, -0.2) is 0 Å². The molecule has 1 rings (SSSR count). The fourth-order valence-corrected chi connectivity index (χ4v) is 1.92. The maximum absolute atomic E-state index is 5.27. The summed E-state index contributed by atoms with van der Waals surface area (Å²) in [5.74, 6) is 1.59. The van der Waals surface area contributed by atoms with Gasteiger partial charge in [0.05, 0.1) is 7.11 Å². The molecule has 0 saturated carbocycles. The number of methoxy groups -OCH3 is 1. The van der Waals surface area contributed by atoms with Crippen LogP contribution < -0.4 is 4.74 Å². The minimum absolute atomic E-state index is 0.245. The van der Waals surface area contributed by atoms with Gasteiger partial charge >= 0.3 is 0 Å². The van der Waals surface area contributed by atoms with Gasteiger partial charge in [0.15, 0.2) is 0 Å². The van der Waals surface area contributed by atoms with E-state index in [1.807, 2.05) is 6.07 Å². The largest absolute Gasteiger partial charge is 0.497 e. The summed E-state index contributed by atoms with van der Waals surface area (Å²) in [6.07, 6.45) is 1.15. The molecular weight excluding hydrogens is 184 g/mol. The second-order valence-corrected chi connectivity index (χ2v) is 4.66. The quantitative estimate of drug-likeness (QED) is 0.723. The molecule has 1 heteroatoms. The Balaban J connectivity index is 3.12. The van der Waals surface area contributed by atoms with Crippen LogP contribution in [-0.4, -0.2) is 7.11 Å². The van der Waals surface area contributed by atoms with Crippen molar-refractivity contribution >= 4 is 0 Å². The van der Waals surface area contributed by atoms with Gasteiger partial charge in [0.25, 0.3) is 0 Å². The molecule has 0 radical (unpaired) electrons. The van der Waals surface area contributed by atoms with E-state index < -0.39 is 0 Å². The van der Waals surface area contributed by atoms with Crippen LogP contribution in [0.3, 0.4) is 0 Å². The molecule has 1 unspecified atom stereocenters. The van der Waals surface area contributed by atoms with Crippen molar-refractivity contribution in [2.75, 3.05) is 7.11 Å². The number of hydrogen-bond acceptors (Lipinski definition) is 1. The minimum atomic E-state index is 0.245. The molecule has 0 amide bonds. The van der Waals surface area contributed by atoms with Gasteiger partial charge in [-0.2, -0.15) is 0 Å². The Bertz CT molecular complexity index is 317. The van der Waals surface area contributed by atoms with Crippen LogP contribution in [0.2, 0.25) is 0 Å². The van der Waals surface area contributed by atoms with Crippen LogP contribution in [0, 0.1) is 5.92 Å². The van der Waals surface area contributed by atoms with Gasteiger partial charge in [0.2, 0.25) is 0 Å². The average molecular weight is 206 g/mol. The molecule has 0 spiro atoms. The van der Waals surface area contributed by atoms with Crippen LogP contribution in [0.25, 0.3) is 0 Å². The van der Waals surface area contributed by atoms with Crippen molar-refractivity contribution in [3.8, 4) is 5.75 Å². The first kappa shape index (κ1) is 12.1. The second-order valence-electron chi connectivity index (χ2n) is 4.66. The lowest BCUT2D eigenvalue weighted by Gasteiger charge is -2.33. The normalized spacial score (nSPS) is 15.1. The zero-order valence-electron chi connectivity index (χ0n) is 10.5. The molecule has 0 fully saturated rings. The van der Waals surface area contributed by atoms with Crippen molar-refractivity contribution in [3.63, 3.8) is 0 Å². The van der Waals surface area contributed by atoms with Gasteiger partial charge in [0.1, 0.15) is 5.75 Å². The average Bonchev–Trinajstić information content (AvgIpc) is 2.27. The standard InChI is InChI=1S/C14H22O/c1-6-14(4,11(2)3)12-8-7-9-13(10-12)15-5/h7-11H,6H2,1-5H3. The van der Waals surface area contributed by atoms with E-state index in [1.54, 1.807) is 7.11 Å². The predicted octanol–water partition coefficient (Wildman–Crippen LogP) is 4.02. The van der Waals surface area contributed by atoms with Crippen molar-refractivity contribution in [3.05, 3.63) is 29.8 Å². The van der Waals surface area contributed by atoms with Crippen molar-refractivity contribution < 1.29 is 4.74 Å². The maximum Gasteiger partial charge on any atom is 0.119 e. The maximum atomic E-state index is 5.27. The van der Waals surface area contributed by atoms with Crippen LogP contribution in [0.1, 0.15) is 39.7 Å². The molecule has 0 aliphatic rings. The highest BCUT2D eigenvalue weighted by Gasteiger charge is 2.28. The molecule has 0 saturated heterocycles. The number of hydrogen-bond donors (Lipinski definition) is 0. The van der Waals surface area contributed by atoms with Gasteiger partial charge in [-0.15, -0.1) is 0 Å². The van der Waals surface area contributed by atoms with Gasteiger partial charge in [-0.1, -0.05) is 39.8 Å². The van der Waals surface area contributed by atoms with Crippen molar-refractivity contribution in [1.82, 2.24) is 0 Å². The summed E-state index contributed by atoms with van der Waals surface area (Å²) in [6.45, 7) is 9.14. The molecule has 0 heterocycles. The Morgan fingerprint density at radius 1 is 1.33 bits per heavy atom. The topological polar surface area (TPSA) is 9.23 Å². The SMILES string of the molecule is CCC(C)(c1cccc(OC)c1)C(C)C. The van der Waals surface area contributed by atoms with E-state index in [0.717, 1.165) is 12.2 Å². The Hall–Kier alpha value is -0.980. The molecule has 1 aromatic carbocycles. The smallest absolute Gasteiger partial charge is 0.119 e. The van der Waals surface area contributed by atoms with Gasteiger partial charge in [-0.05, 0) is 35.4 Å². The van der Waals surface area contributed by atoms with E-state index in [1.165, 1.54) is 5.56 Å². The highest BCUT2D eigenvalue weighted by molar-refractivity contribution is 5.33. The van der Waals surface area contributed by atoms with E-state index in [-0.39, 0.29) is 5.41 Å². The Kier molecular flexibility index (Phi) is 3.78. The molecular formula is C14H22O. The Morgan fingerprint density at radius 2 is 2.00 bits per heavy atom. The molecule has 0 bridgehead atoms. The third-order valence-electron chi connectivity index (χ3n) is 3.74. The molecule has 1 atom stereocenters. The first-order valence-corrected chi connectivity index (χ1v) is 5.69. The summed E-state index contributed by atoms with van der Waals surface area (Å²) in [5, 5.41) is 0. The van der Waals surface area contributed by atoms with Crippen LogP contribution in [-0.2, 0) is 5.41 Å². The summed E-state index contributed by atoms with van der Waals surface area (Å²) in [6, 6.07) is 8.43. The summed E-state index contributed by atoms with van der Waals surface area (Å²) < 4.78 is 5.27. The number of ether oxygens (including phenoxy) is 1. The van der Waals surface area contributed by atoms with Gasteiger partial charge < -0.3 is 4.74 Å². The zero-order chi connectivity index (χ0) is 11.5. The minimum Gasteiger partial charge on any atom is -0.497 e. The molecule has 1 aromatic rings. The molecule has 0 aliphatic heterocycles. The fourth-order valence-electron chi connectivity index (χ4n) is 1.92. The number of rotatable bonds is 4. The highest BCUT2D eigenvalue weighted by Crippen LogP contribution is 2.36.